The monoisotopic (exact) mass is 613 g/mol. The van der Waals surface area contributed by atoms with Gasteiger partial charge in [0.1, 0.15) is 11.5 Å². The fraction of sp³-hybridized carbons (Fsp3) is 0.405. The Kier molecular flexibility index (Phi) is 15.2. The molecule has 0 heterocycles. The lowest BCUT2D eigenvalue weighted by atomic mass is 10.0. The molecule has 3 rings (SSSR count). The van der Waals surface area contributed by atoms with E-state index >= 15 is 0 Å². The van der Waals surface area contributed by atoms with Crippen molar-refractivity contribution in [2.45, 2.75) is 77.7 Å². The van der Waals surface area contributed by atoms with Crippen LogP contribution >= 0.6 is 0 Å². The number of carbonyl (C=O) groups is 3. The molecule has 0 spiro atoms. The first-order valence-electron chi connectivity index (χ1n) is 15.7. The number of benzene rings is 3. The van der Waals surface area contributed by atoms with Crippen molar-refractivity contribution in [2.75, 3.05) is 19.8 Å². The van der Waals surface area contributed by atoms with Crippen LogP contribution in [0, 0.1) is 6.57 Å². The van der Waals surface area contributed by atoms with Crippen LogP contribution in [-0.4, -0.2) is 43.8 Å². The molecule has 0 aliphatic heterocycles. The molecule has 0 amide bonds. The number of hydrogen-bond acceptors (Lipinski definition) is 7. The Morgan fingerprint density at radius 1 is 0.689 bits per heavy atom. The molecule has 0 fully saturated rings. The topological polar surface area (TPSA) is 92.5 Å². The standard InChI is InChI=1S/C37H43NO7/c1-4-5-6-9-12-28(2)44-36(40)32-19-23-34(24-20-32)45-37(41)31-15-13-29(14-16-31)30-17-21-33(22-18-30)42-25-10-7-8-11-26-43-35(39)27-38-3/h13-24,28H,4-12,25-27H2,1-2H3/t28-/m0/s1. The van der Waals surface area contributed by atoms with Gasteiger partial charge in [-0.05, 0) is 105 Å². The summed E-state index contributed by atoms with van der Waals surface area (Å²) in [5.74, 6) is -0.199. The summed E-state index contributed by atoms with van der Waals surface area (Å²) in [6.45, 7) is 11.4. The Morgan fingerprint density at radius 3 is 1.89 bits per heavy atom. The largest absolute Gasteiger partial charge is 0.494 e. The van der Waals surface area contributed by atoms with Gasteiger partial charge >= 0.3 is 24.5 Å². The van der Waals surface area contributed by atoms with Crippen LogP contribution in [0.5, 0.6) is 11.5 Å². The summed E-state index contributed by atoms with van der Waals surface area (Å²) in [5.41, 5.74) is 2.79. The van der Waals surface area contributed by atoms with E-state index in [9.17, 15) is 14.4 Å². The summed E-state index contributed by atoms with van der Waals surface area (Å²) in [4.78, 5) is 39.3. The molecule has 8 heteroatoms. The molecule has 0 N–H and O–H groups in total. The van der Waals surface area contributed by atoms with Crippen LogP contribution in [0.1, 0.15) is 92.4 Å². The maximum atomic E-state index is 12.7. The van der Waals surface area contributed by atoms with Crippen LogP contribution in [0.2, 0.25) is 0 Å². The van der Waals surface area contributed by atoms with E-state index in [1.807, 2.05) is 43.3 Å². The minimum Gasteiger partial charge on any atom is -0.494 e. The van der Waals surface area contributed by atoms with Crippen LogP contribution < -0.4 is 9.47 Å². The highest BCUT2D eigenvalue weighted by molar-refractivity contribution is 5.92. The van der Waals surface area contributed by atoms with Crippen molar-refractivity contribution in [3.63, 3.8) is 0 Å². The highest BCUT2D eigenvalue weighted by Gasteiger charge is 2.14. The predicted octanol–water partition coefficient (Wildman–Crippen LogP) is 8.49. The van der Waals surface area contributed by atoms with E-state index < -0.39 is 11.9 Å². The van der Waals surface area contributed by atoms with Crippen molar-refractivity contribution in [3.05, 3.63) is 95.3 Å². The van der Waals surface area contributed by atoms with E-state index in [1.165, 1.54) is 12.8 Å². The van der Waals surface area contributed by atoms with Gasteiger partial charge in [0.2, 0.25) is 0 Å². The van der Waals surface area contributed by atoms with E-state index in [0.29, 0.717) is 30.1 Å². The molecule has 45 heavy (non-hydrogen) atoms. The lowest BCUT2D eigenvalue weighted by molar-refractivity contribution is -0.141. The minimum atomic E-state index is -0.484. The van der Waals surface area contributed by atoms with Crippen molar-refractivity contribution < 1.29 is 33.3 Å². The molecule has 0 saturated heterocycles. The Balaban J connectivity index is 1.38. The summed E-state index contributed by atoms with van der Waals surface area (Å²) >= 11 is 0. The van der Waals surface area contributed by atoms with Gasteiger partial charge in [0.05, 0.1) is 30.4 Å². The molecule has 3 aromatic carbocycles. The molecule has 1 atom stereocenters. The van der Waals surface area contributed by atoms with Crippen molar-refractivity contribution >= 4 is 17.9 Å². The van der Waals surface area contributed by atoms with Gasteiger partial charge in [-0.2, -0.15) is 0 Å². The zero-order valence-electron chi connectivity index (χ0n) is 26.3. The van der Waals surface area contributed by atoms with Crippen LogP contribution in [0.25, 0.3) is 16.0 Å². The minimum absolute atomic E-state index is 0.141. The van der Waals surface area contributed by atoms with E-state index in [-0.39, 0.29) is 18.6 Å². The second kappa shape index (κ2) is 19.6. The molecular formula is C37H43NO7. The summed E-state index contributed by atoms with van der Waals surface area (Å²) in [7, 11) is 0. The summed E-state index contributed by atoms with van der Waals surface area (Å²) in [6.07, 6.45) is 8.81. The summed E-state index contributed by atoms with van der Waals surface area (Å²) in [6, 6.07) is 21.4. The molecule has 0 bridgehead atoms. The molecule has 0 saturated carbocycles. The summed E-state index contributed by atoms with van der Waals surface area (Å²) < 4.78 is 21.8. The van der Waals surface area contributed by atoms with Crippen molar-refractivity contribution in [3.8, 4) is 22.6 Å². The number of ether oxygens (including phenoxy) is 4. The third kappa shape index (κ3) is 12.9. The highest BCUT2D eigenvalue weighted by Crippen LogP contribution is 2.24. The van der Waals surface area contributed by atoms with Gasteiger partial charge in [-0.3, -0.25) is 0 Å². The third-order valence-electron chi connectivity index (χ3n) is 7.16. The fourth-order valence-corrected chi connectivity index (χ4v) is 4.58. The summed E-state index contributed by atoms with van der Waals surface area (Å²) in [5, 5.41) is 0. The lowest BCUT2D eigenvalue weighted by Crippen LogP contribution is -2.15. The first-order chi connectivity index (χ1) is 21.9. The smallest absolute Gasteiger partial charge is 0.387 e. The first-order valence-corrected chi connectivity index (χ1v) is 15.7. The maximum absolute atomic E-state index is 12.7. The molecule has 0 radical (unpaired) electrons. The molecule has 8 nitrogen and oxygen atoms in total. The SMILES string of the molecule is [C-]#[N+]CC(=O)OCCCCCCOc1ccc(-c2ccc(C(=O)Oc3ccc(C(=O)O[C@@H](C)CCCCCC)cc3)cc2)cc1. The van der Waals surface area contributed by atoms with Crippen LogP contribution in [0.15, 0.2) is 72.8 Å². The van der Waals surface area contributed by atoms with Crippen LogP contribution in [-0.2, 0) is 14.3 Å². The second-order valence-electron chi connectivity index (χ2n) is 10.9. The van der Waals surface area contributed by atoms with Crippen molar-refractivity contribution in [1.82, 2.24) is 0 Å². The molecule has 238 valence electrons. The number of hydrogen-bond donors (Lipinski definition) is 0. The molecular weight excluding hydrogens is 570 g/mol. The van der Waals surface area contributed by atoms with Gasteiger partial charge in [-0.1, -0.05) is 50.5 Å². The second-order valence-corrected chi connectivity index (χ2v) is 10.9. The zero-order chi connectivity index (χ0) is 32.3. The highest BCUT2D eigenvalue weighted by atomic mass is 16.5. The van der Waals surface area contributed by atoms with E-state index in [2.05, 4.69) is 11.8 Å². The Bertz CT molecular complexity index is 1380. The average Bonchev–Trinajstić information content (AvgIpc) is 3.05. The Labute approximate surface area is 266 Å². The third-order valence-corrected chi connectivity index (χ3v) is 7.16. The molecule has 0 unspecified atom stereocenters. The van der Waals surface area contributed by atoms with Gasteiger partial charge in [0, 0.05) is 0 Å². The van der Waals surface area contributed by atoms with Crippen molar-refractivity contribution in [1.29, 1.82) is 0 Å². The molecule has 3 aromatic rings. The Hall–Kier alpha value is -4.64. The molecule has 0 aliphatic rings. The van der Waals surface area contributed by atoms with Crippen LogP contribution in [0.4, 0.5) is 0 Å². The number of nitrogens with zero attached hydrogens (tertiary/aromatic N) is 1. The van der Waals surface area contributed by atoms with Crippen molar-refractivity contribution in [2.24, 2.45) is 0 Å². The predicted molar refractivity (Wildman–Crippen MR) is 173 cm³/mol. The molecule has 0 aliphatic carbocycles. The van der Waals surface area contributed by atoms with E-state index in [0.717, 1.165) is 61.8 Å². The van der Waals surface area contributed by atoms with Gasteiger partial charge in [0.15, 0.2) is 0 Å². The number of esters is 3. The fourth-order valence-electron chi connectivity index (χ4n) is 4.58. The number of rotatable bonds is 19. The lowest BCUT2D eigenvalue weighted by Gasteiger charge is -2.13. The molecule has 0 aromatic heterocycles. The van der Waals surface area contributed by atoms with Gasteiger partial charge < -0.3 is 23.8 Å². The van der Waals surface area contributed by atoms with E-state index in [1.54, 1.807) is 36.4 Å². The number of unbranched alkanes of at least 4 members (excludes halogenated alkanes) is 6. The Morgan fingerprint density at radius 2 is 1.24 bits per heavy atom. The van der Waals surface area contributed by atoms with E-state index in [4.69, 9.17) is 25.5 Å². The van der Waals surface area contributed by atoms with Crippen LogP contribution in [0.3, 0.4) is 0 Å². The first kappa shape index (κ1) is 34.8. The number of carbonyl (C=O) groups excluding carboxylic acids is 3. The van der Waals surface area contributed by atoms with Gasteiger partial charge in [-0.15, -0.1) is 0 Å². The maximum Gasteiger partial charge on any atom is 0.387 e. The normalized spacial score (nSPS) is 11.2. The quantitative estimate of drug-likeness (QED) is 0.0579. The van der Waals surface area contributed by atoms with Gasteiger partial charge in [-0.25, -0.2) is 21.0 Å². The zero-order valence-corrected chi connectivity index (χ0v) is 26.3. The van der Waals surface area contributed by atoms with Gasteiger partial charge in [0.25, 0.3) is 0 Å². The average molecular weight is 614 g/mol.